The van der Waals surface area contributed by atoms with E-state index in [4.69, 9.17) is 0 Å². The predicted molar refractivity (Wildman–Crippen MR) is 126 cm³/mol. The number of aromatic nitrogens is 1. The van der Waals surface area contributed by atoms with Crippen molar-refractivity contribution in [3.8, 4) is 16.9 Å². The number of benzene rings is 2. The van der Waals surface area contributed by atoms with Gasteiger partial charge in [0.05, 0.1) is 17.1 Å². The molecule has 4 rings (SSSR count). The number of halogens is 3. The normalized spacial score (nSPS) is 15.5. The number of nitrogens with zero attached hydrogens (tertiary/aromatic N) is 2. The fourth-order valence-electron chi connectivity index (χ4n) is 3.76. The Morgan fingerprint density at radius 2 is 1.71 bits per heavy atom. The SMILES string of the molecule is Cc1c(NC(=O)c2ccc(N3CCS(=O)(=O)CC3)nc2)cccc1-c1ccc(OC(F)(F)F)cc1. The van der Waals surface area contributed by atoms with E-state index >= 15 is 0 Å². The third-order valence-corrected chi connectivity index (χ3v) is 7.27. The third-order valence-electron chi connectivity index (χ3n) is 5.66. The van der Waals surface area contributed by atoms with Gasteiger partial charge in [-0.3, -0.25) is 4.79 Å². The minimum atomic E-state index is -4.76. The maximum atomic E-state index is 12.8. The molecule has 0 spiro atoms. The van der Waals surface area contributed by atoms with Gasteiger partial charge in [0.25, 0.3) is 5.91 Å². The van der Waals surface area contributed by atoms with Crippen molar-refractivity contribution in [1.29, 1.82) is 0 Å². The van der Waals surface area contributed by atoms with Crippen LogP contribution in [-0.4, -0.2) is 50.3 Å². The number of alkyl halides is 3. The summed E-state index contributed by atoms with van der Waals surface area (Å²) in [5.41, 5.74) is 3.03. The van der Waals surface area contributed by atoms with Gasteiger partial charge < -0.3 is 15.0 Å². The van der Waals surface area contributed by atoms with Crippen LogP contribution in [0.15, 0.2) is 60.8 Å². The predicted octanol–water partition coefficient (Wildman–Crippen LogP) is 4.44. The quantitative estimate of drug-likeness (QED) is 0.552. The van der Waals surface area contributed by atoms with Crippen LogP contribution < -0.4 is 15.0 Å². The summed E-state index contributed by atoms with van der Waals surface area (Å²) in [6, 6.07) is 14.1. The highest BCUT2D eigenvalue weighted by molar-refractivity contribution is 7.91. The van der Waals surface area contributed by atoms with E-state index in [-0.39, 0.29) is 23.2 Å². The number of pyridine rings is 1. The smallest absolute Gasteiger partial charge is 0.406 e. The molecule has 0 aliphatic carbocycles. The second kappa shape index (κ2) is 9.57. The van der Waals surface area contributed by atoms with E-state index in [2.05, 4.69) is 15.0 Å². The van der Waals surface area contributed by atoms with Crippen LogP contribution in [0.4, 0.5) is 24.7 Å². The van der Waals surface area contributed by atoms with Crippen LogP contribution in [-0.2, 0) is 9.84 Å². The first-order chi connectivity index (χ1) is 16.5. The Bertz CT molecular complexity index is 1310. The molecule has 1 aliphatic heterocycles. The van der Waals surface area contributed by atoms with E-state index in [1.807, 2.05) is 4.90 Å². The summed E-state index contributed by atoms with van der Waals surface area (Å²) in [7, 11) is -3.00. The number of nitrogens with one attached hydrogen (secondary N) is 1. The van der Waals surface area contributed by atoms with E-state index in [1.54, 1.807) is 37.3 Å². The number of hydrogen-bond donors (Lipinski definition) is 1. The van der Waals surface area contributed by atoms with Gasteiger partial charge in [-0.25, -0.2) is 13.4 Å². The second-order valence-electron chi connectivity index (χ2n) is 8.05. The number of carbonyl (C=O) groups is 1. The van der Waals surface area contributed by atoms with Gasteiger partial charge in [0.15, 0.2) is 9.84 Å². The standard InChI is InChI=1S/C24H22F3N3O4S/c1-16-20(17-5-8-19(9-6-17)34-24(25,26)27)3-2-4-21(16)29-23(31)18-7-10-22(28-15-18)30-11-13-35(32,33)14-12-30/h2-10,15H,11-14H2,1H3,(H,29,31). The van der Waals surface area contributed by atoms with Gasteiger partial charge in [0.2, 0.25) is 0 Å². The van der Waals surface area contributed by atoms with Crippen molar-refractivity contribution in [2.75, 3.05) is 34.8 Å². The topological polar surface area (TPSA) is 88.6 Å². The molecule has 1 amide bonds. The summed E-state index contributed by atoms with van der Waals surface area (Å²) in [5, 5.41) is 2.84. The van der Waals surface area contributed by atoms with Crippen LogP contribution in [0, 0.1) is 6.92 Å². The minimum absolute atomic E-state index is 0.0740. The lowest BCUT2D eigenvalue weighted by atomic mass is 9.99. The molecule has 0 unspecified atom stereocenters. The number of amides is 1. The highest BCUT2D eigenvalue weighted by atomic mass is 32.2. The van der Waals surface area contributed by atoms with Crippen molar-refractivity contribution >= 4 is 27.2 Å². The lowest BCUT2D eigenvalue weighted by Gasteiger charge is -2.27. The first-order valence-corrected chi connectivity index (χ1v) is 12.5. The molecule has 1 N–H and O–H groups in total. The maximum Gasteiger partial charge on any atom is 0.573 e. The molecular formula is C24H22F3N3O4S. The Hall–Kier alpha value is -3.60. The summed E-state index contributed by atoms with van der Waals surface area (Å²) in [4.78, 5) is 19.0. The number of sulfone groups is 1. The maximum absolute atomic E-state index is 12.8. The van der Waals surface area contributed by atoms with Crippen molar-refractivity contribution in [2.45, 2.75) is 13.3 Å². The molecule has 0 bridgehead atoms. The van der Waals surface area contributed by atoms with Crippen molar-refractivity contribution in [3.63, 3.8) is 0 Å². The summed E-state index contributed by atoms with van der Waals surface area (Å²) < 4.78 is 64.3. The molecule has 1 aromatic heterocycles. The highest BCUT2D eigenvalue weighted by Crippen LogP contribution is 2.31. The zero-order valence-corrected chi connectivity index (χ0v) is 19.5. The van der Waals surface area contributed by atoms with Gasteiger partial charge in [-0.2, -0.15) is 0 Å². The van der Waals surface area contributed by atoms with Gasteiger partial charge in [-0.15, -0.1) is 13.2 Å². The van der Waals surface area contributed by atoms with Crippen molar-refractivity contribution in [3.05, 3.63) is 71.9 Å². The molecule has 7 nitrogen and oxygen atoms in total. The molecular weight excluding hydrogens is 483 g/mol. The lowest BCUT2D eigenvalue weighted by Crippen LogP contribution is -2.40. The number of carbonyl (C=O) groups excluding carboxylic acids is 1. The fourth-order valence-corrected chi connectivity index (χ4v) is 4.96. The van der Waals surface area contributed by atoms with Crippen LogP contribution >= 0.6 is 0 Å². The molecule has 2 heterocycles. The monoisotopic (exact) mass is 505 g/mol. The Labute approximate surface area is 200 Å². The van der Waals surface area contributed by atoms with Gasteiger partial charge in [-0.1, -0.05) is 24.3 Å². The number of ether oxygens (including phenoxy) is 1. The Morgan fingerprint density at radius 1 is 1.03 bits per heavy atom. The van der Waals surface area contributed by atoms with Crippen LogP contribution in [0.25, 0.3) is 11.1 Å². The number of anilines is 2. The zero-order chi connectivity index (χ0) is 25.2. The molecule has 11 heteroatoms. The molecule has 0 radical (unpaired) electrons. The molecule has 35 heavy (non-hydrogen) atoms. The van der Waals surface area contributed by atoms with Crippen molar-refractivity contribution < 1.29 is 31.1 Å². The van der Waals surface area contributed by atoms with Crippen LogP contribution in [0.1, 0.15) is 15.9 Å². The summed E-state index contributed by atoms with van der Waals surface area (Å²) in [5.74, 6) is 0.0624. The molecule has 184 valence electrons. The van der Waals surface area contributed by atoms with E-state index in [1.165, 1.54) is 30.5 Å². The summed E-state index contributed by atoms with van der Waals surface area (Å²) >= 11 is 0. The van der Waals surface area contributed by atoms with E-state index in [0.717, 1.165) is 11.1 Å². The zero-order valence-electron chi connectivity index (χ0n) is 18.7. The summed E-state index contributed by atoms with van der Waals surface area (Å²) in [6.07, 6.45) is -3.32. The van der Waals surface area contributed by atoms with E-state index in [0.29, 0.717) is 35.7 Å². The lowest BCUT2D eigenvalue weighted by molar-refractivity contribution is -0.274. The van der Waals surface area contributed by atoms with Gasteiger partial charge in [0, 0.05) is 25.0 Å². The highest BCUT2D eigenvalue weighted by Gasteiger charge is 2.31. The minimum Gasteiger partial charge on any atom is -0.406 e. The van der Waals surface area contributed by atoms with Crippen molar-refractivity contribution in [2.24, 2.45) is 0 Å². The van der Waals surface area contributed by atoms with Crippen LogP contribution in [0.2, 0.25) is 0 Å². The van der Waals surface area contributed by atoms with Gasteiger partial charge >= 0.3 is 6.36 Å². The van der Waals surface area contributed by atoms with E-state index < -0.39 is 16.2 Å². The average Bonchev–Trinajstić information content (AvgIpc) is 2.80. The largest absolute Gasteiger partial charge is 0.573 e. The van der Waals surface area contributed by atoms with E-state index in [9.17, 15) is 26.4 Å². The molecule has 1 saturated heterocycles. The number of hydrogen-bond acceptors (Lipinski definition) is 6. The summed E-state index contributed by atoms with van der Waals surface area (Å²) in [6.45, 7) is 2.52. The molecule has 3 aromatic rings. The Morgan fingerprint density at radius 3 is 2.31 bits per heavy atom. The molecule has 0 saturated carbocycles. The fraction of sp³-hybridized carbons (Fsp3) is 0.250. The molecule has 2 aromatic carbocycles. The third kappa shape index (κ3) is 6.10. The first kappa shape index (κ1) is 24.5. The van der Waals surface area contributed by atoms with Crippen LogP contribution in [0.3, 0.4) is 0 Å². The molecule has 1 aliphatic rings. The number of rotatable bonds is 5. The Balaban J connectivity index is 1.46. The Kier molecular flexibility index (Phi) is 6.70. The van der Waals surface area contributed by atoms with Crippen molar-refractivity contribution in [1.82, 2.24) is 4.98 Å². The van der Waals surface area contributed by atoms with Gasteiger partial charge in [-0.05, 0) is 53.9 Å². The second-order valence-corrected chi connectivity index (χ2v) is 10.4. The average molecular weight is 506 g/mol. The van der Waals surface area contributed by atoms with Crippen LogP contribution in [0.5, 0.6) is 5.75 Å². The molecule has 0 atom stereocenters. The molecule has 1 fully saturated rings. The first-order valence-electron chi connectivity index (χ1n) is 10.7. The van der Waals surface area contributed by atoms with Gasteiger partial charge in [0.1, 0.15) is 11.6 Å².